The third-order valence-corrected chi connectivity index (χ3v) is 5.27. The molecule has 196 valence electrons. The van der Waals surface area contributed by atoms with E-state index in [1.807, 2.05) is 0 Å². The highest BCUT2D eigenvalue weighted by Gasteiger charge is 2.24. The van der Waals surface area contributed by atoms with Gasteiger partial charge in [-0.25, -0.2) is 0 Å². The number of benzene rings is 3. The number of nitro groups is 4. The van der Waals surface area contributed by atoms with Crippen molar-refractivity contribution in [2.45, 2.75) is 6.92 Å². The summed E-state index contributed by atoms with van der Waals surface area (Å²) in [5.41, 5.74) is 0.641. The van der Waals surface area contributed by atoms with Crippen molar-refractivity contribution in [3.05, 3.63) is 99.0 Å². The molecule has 0 aliphatic rings. The number of rotatable bonds is 11. The van der Waals surface area contributed by atoms with Crippen LogP contribution in [-0.4, -0.2) is 32.5 Å². The fraction of sp³-hybridized carbons (Fsp3) is 0.0952. The van der Waals surface area contributed by atoms with Gasteiger partial charge in [-0.15, -0.1) is 0 Å². The number of hydrogen-bond acceptors (Lipinski definition) is 12. The van der Waals surface area contributed by atoms with Gasteiger partial charge in [0.2, 0.25) is 5.75 Å². The number of hydrazone groups is 1. The van der Waals surface area contributed by atoms with Gasteiger partial charge >= 0.3 is 11.4 Å². The van der Waals surface area contributed by atoms with Crippen LogP contribution in [0.4, 0.5) is 28.4 Å². The Morgan fingerprint density at radius 1 is 0.842 bits per heavy atom. The molecule has 0 saturated heterocycles. The molecule has 0 heterocycles. The number of hydrogen-bond donors (Lipinski definition) is 1. The minimum atomic E-state index is -0.819. The molecule has 1 N–H and O–H groups in total. The molecular weight excluding hydrogens is 576 g/mol. The fourth-order valence-corrected chi connectivity index (χ4v) is 3.58. The molecule has 0 spiro atoms. The van der Waals surface area contributed by atoms with E-state index in [0.717, 1.165) is 36.4 Å². The maximum atomic E-state index is 11.4. The van der Waals surface area contributed by atoms with Crippen LogP contribution in [0.15, 0.2) is 58.1 Å². The molecule has 0 aromatic heterocycles. The van der Waals surface area contributed by atoms with Crippen molar-refractivity contribution in [2.24, 2.45) is 5.10 Å². The van der Waals surface area contributed by atoms with Crippen LogP contribution in [0.1, 0.15) is 12.5 Å². The van der Waals surface area contributed by atoms with Crippen LogP contribution in [-0.2, 0) is 0 Å². The Morgan fingerprint density at radius 2 is 1.45 bits per heavy atom. The number of ether oxygens (including phenoxy) is 2. The normalized spacial score (nSPS) is 10.7. The van der Waals surface area contributed by atoms with Gasteiger partial charge in [0, 0.05) is 12.1 Å². The quantitative estimate of drug-likeness (QED) is 0.162. The Hall–Kier alpha value is -5.19. The van der Waals surface area contributed by atoms with E-state index in [-0.39, 0.29) is 34.0 Å². The zero-order valence-corrected chi connectivity index (χ0v) is 20.7. The van der Waals surface area contributed by atoms with Gasteiger partial charge in [0.25, 0.3) is 11.4 Å². The van der Waals surface area contributed by atoms with E-state index < -0.39 is 42.4 Å². The molecule has 0 atom stereocenters. The molecule has 17 heteroatoms. The molecule has 0 saturated carbocycles. The maximum absolute atomic E-state index is 11.4. The first-order valence-corrected chi connectivity index (χ1v) is 11.1. The molecule has 0 fully saturated rings. The van der Waals surface area contributed by atoms with Crippen molar-refractivity contribution in [2.75, 3.05) is 12.0 Å². The van der Waals surface area contributed by atoms with Gasteiger partial charge in [-0.05, 0) is 52.7 Å². The lowest BCUT2D eigenvalue weighted by atomic mass is 10.2. The van der Waals surface area contributed by atoms with Crippen molar-refractivity contribution in [3.63, 3.8) is 0 Å². The molecule has 0 amide bonds. The first-order chi connectivity index (χ1) is 18.0. The summed E-state index contributed by atoms with van der Waals surface area (Å²) in [6.07, 6.45) is 1.27. The van der Waals surface area contributed by atoms with Crippen LogP contribution >= 0.6 is 15.9 Å². The second-order valence-electron chi connectivity index (χ2n) is 7.12. The minimum absolute atomic E-state index is 0.0416. The van der Waals surface area contributed by atoms with Crippen LogP contribution in [0, 0.1) is 40.5 Å². The predicted molar refractivity (Wildman–Crippen MR) is 136 cm³/mol. The highest BCUT2D eigenvalue weighted by Crippen LogP contribution is 2.43. The molecule has 3 aromatic carbocycles. The van der Waals surface area contributed by atoms with Gasteiger partial charge in [0.15, 0.2) is 11.5 Å². The molecule has 0 radical (unpaired) electrons. The fourth-order valence-electron chi connectivity index (χ4n) is 3.04. The summed E-state index contributed by atoms with van der Waals surface area (Å²) < 4.78 is 11.5. The van der Waals surface area contributed by atoms with Crippen LogP contribution < -0.4 is 14.9 Å². The van der Waals surface area contributed by atoms with Crippen LogP contribution in [0.2, 0.25) is 0 Å². The van der Waals surface area contributed by atoms with Gasteiger partial charge in [0.1, 0.15) is 5.69 Å². The monoisotopic (exact) mass is 590 g/mol. The summed E-state index contributed by atoms with van der Waals surface area (Å²) in [4.78, 5) is 41.4. The lowest BCUT2D eigenvalue weighted by Crippen LogP contribution is -2.01. The number of nitrogens with one attached hydrogen (secondary N) is 1. The lowest BCUT2D eigenvalue weighted by Gasteiger charge is -2.14. The van der Waals surface area contributed by atoms with Crippen molar-refractivity contribution >= 4 is 50.6 Å². The third kappa shape index (κ3) is 6.32. The van der Waals surface area contributed by atoms with Crippen molar-refractivity contribution in [1.82, 2.24) is 0 Å². The summed E-state index contributed by atoms with van der Waals surface area (Å²) in [7, 11) is 0. The number of nitro benzene ring substituents is 4. The topological polar surface area (TPSA) is 215 Å². The largest absolute Gasteiger partial charge is 0.490 e. The zero-order chi connectivity index (χ0) is 28.0. The van der Waals surface area contributed by atoms with E-state index in [9.17, 15) is 40.5 Å². The Labute approximate surface area is 220 Å². The summed E-state index contributed by atoms with van der Waals surface area (Å²) in [6, 6.07) is 8.91. The maximum Gasteiger partial charge on any atom is 0.318 e. The Kier molecular flexibility index (Phi) is 8.43. The Balaban J connectivity index is 1.92. The molecule has 3 aromatic rings. The van der Waals surface area contributed by atoms with Gasteiger partial charge in [-0.2, -0.15) is 5.10 Å². The van der Waals surface area contributed by atoms with E-state index in [1.54, 1.807) is 6.92 Å². The van der Waals surface area contributed by atoms with E-state index in [0.29, 0.717) is 5.56 Å². The summed E-state index contributed by atoms with van der Waals surface area (Å²) >= 11 is 3.30. The molecule has 0 aliphatic carbocycles. The average Bonchev–Trinajstić information content (AvgIpc) is 2.86. The second kappa shape index (κ2) is 11.7. The molecule has 38 heavy (non-hydrogen) atoms. The van der Waals surface area contributed by atoms with Gasteiger partial charge < -0.3 is 9.47 Å². The van der Waals surface area contributed by atoms with Crippen LogP contribution in [0.3, 0.4) is 0 Å². The molecule has 0 aliphatic heterocycles. The smallest absolute Gasteiger partial charge is 0.318 e. The Morgan fingerprint density at radius 3 is 2.03 bits per heavy atom. The van der Waals surface area contributed by atoms with E-state index in [4.69, 9.17) is 9.47 Å². The number of nitrogens with zero attached hydrogens (tertiary/aromatic N) is 5. The number of anilines is 1. The highest BCUT2D eigenvalue weighted by atomic mass is 79.9. The Bertz CT molecular complexity index is 1480. The second-order valence-corrected chi connectivity index (χ2v) is 7.97. The van der Waals surface area contributed by atoms with E-state index in [2.05, 4.69) is 26.5 Å². The molecule has 0 unspecified atom stereocenters. The van der Waals surface area contributed by atoms with Crippen LogP contribution in [0.25, 0.3) is 0 Å². The third-order valence-electron chi connectivity index (χ3n) is 4.68. The summed E-state index contributed by atoms with van der Waals surface area (Å²) in [5.74, 6) is -0.0898. The highest BCUT2D eigenvalue weighted by molar-refractivity contribution is 9.10. The van der Waals surface area contributed by atoms with E-state index >= 15 is 0 Å². The van der Waals surface area contributed by atoms with Crippen LogP contribution in [0.5, 0.6) is 17.2 Å². The number of non-ortho nitro benzene ring substituents is 2. The predicted octanol–water partition coefficient (Wildman–Crippen LogP) is 5.72. The number of halogens is 1. The van der Waals surface area contributed by atoms with Gasteiger partial charge in [-0.3, -0.25) is 45.9 Å². The molecule has 0 bridgehead atoms. The first-order valence-electron chi connectivity index (χ1n) is 10.3. The van der Waals surface area contributed by atoms with Crippen molar-refractivity contribution in [1.29, 1.82) is 0 Å². The lowest BCUT2D eigenvalue weighted by molar-refractivity contribution is -0.394. The average molecular weight is 591 g/mol. The summed E-state index contributed by atoms with van der Waals surface area (Å²) in [5, 5.41) is 48.5. The summed E-state index contributed by atoms with van der Waals surface area (Å²) in [6.45, 7) is 1.86. The minimum Gasteiger partial charge on any atom is -0.490 e. The van der Waals surface area contributed by atoms with Gasteiger partial charge in [0.05, 0.1) is 49.1 Å². The zero-order valence-electron chi connectivity index (χ0n) is 19.1. The standard InChI is InChI=1S/C21H15BrN6O10/c1-2-37-20-8-12(11-23-24-16-5-3-13(25(29)30)9-17(16)27(33)34)7-15(22)21(20)38-19-6-4-14(26(31)32)10-18(19)28(35)36/h3-11,24H,2H2,1H3/b23-11-. The SMILES string of the molecule is CCOc1cc(/C=N\Nc2ccc([N+](=O)[O-])cc2[N+](=O)[O-])cc(Br)c1Oc1ccc([N+](=O)[O-])cc1[N+](=O)[O-]. The van der Waals surface area contributed by atoms with Gasteiger partial charge in [-0.1, -0.05) is 0 Å². The molecule has 16 nitrogen and oxygen atoms in total. The van der Waals surface area contributed by atoms with Crippen molar-refractivity contribution in [3.8, 4) is 17.2 Å². The molecule has 3 rings (SSSR count). The van der Waals surface area contributed by atoms with Crippen molar-refractivity contribution < 1.29 is 29.2 Å². The first kappa shape index (κ1) is 27.4. The molecular formula is C21H15BrN6O10. The van der Waals surface area contributed by atoms with E-state index in [1.165, 1.54) is 18.3 Å².